The van der Waals surface area contributed by atoms with Gasteiger partial charge in [-0.2, -0.15) is 0 Å². The Morgan fingerprint density at radius 3 is 2.42 bits per heavy atom. The SMILES string of the molecule is CCn1c(S[C@@H](C(N)=O)c2ccc(F)cc2)nnc1-c1ccc(Cl)cc1. The van der Waals surface area contributed by atoms with Gasteiger partial charge in [0.05, 0.1) is 0 Å². The summed E-state index contributed by atoms with van der Waals surface area (Å²) < 4.78 is 15.1. The summed E-state index contributed by atoms with van der Waals surface area (Å²) in [5.74, 6) is -0.224. The summed E-state index contributed by atoms with van der Waals surface area (Å²) in [5.41, 5.74) is 7.04. The topological polar surface area (TPSA) is 73.8 Å². The zero-order chi connectivity index (χ0) is 18.7. The maximum Gasteiger partial charge on any atom is 0.235 e. The highest BCUT2D eigenvalue weighted by atomic mass is 35.5. The normalized spacial score (nSPS) is 12.1. The van der Waals surface area contributed by atoms with Crippen molar-refractivity contribution < 1.29 is 9.18 Å². The quantitative estimate of drug-likeness (QED) is 0.643. The number of carbonyl (C=O) groups is 1. The molecule has 3 aromatic rings. The van der Waals surface area contributed by atoms with E-state index in [0.717, 1.165) is 5.56 Å². The molecule has 0 fully saturated rings. The zero-order valence-electron chi connectivity index (χ0n) is 13.9. The lowest BCUT2D eigenvalue weighted by atomic mass is 10.1. The van der Waals surface area contributed by atoms with Crippen molar-refractivity contribution in [1.29, 1.82) is 0 Å². The lowest BCUT2D eigenvalue weighted by Crippen LogP contribution is -2.19. The largest absolute Gasteiger partial charge is 0.368 e. The van der Waals surface area contributed by atoms with Gasteiger partial charge in [-0.1, -0.05) is 35.5 Å². The highest BCUT2D eigenvalue weighted by Crippen LogP contribution is 2.35. The van der Waals surface area contributed by atoms with Crippen LogP contribution in [-0.2, 0) is 11.3 Å². The minimum absolute atomic E-state index is 0.372. The lowest BCUT2D eigenvalue weighted by molar-refractivity contribution is -0.117. The van der Waals surface area contributed by atoms with E-state index in [1.54, 1.807) is 24.3 Å². The maximum atomic E-state index is 13.2. The molecule has 8 heteroatoms. The molecule has 0 saturated carbocycles. The molecule has 1 amide bonds. The molecule has 5 nitrogen and oxygen atoms in total. The molecular weight excluding hydrogens is 375 g/mol. The van der Waals surface area contributed by atoms with Crippen LogP contribution in [0.5, 0.6) is 0 Å². The molecule has 1 heterocycles. The number of hydrogen-bond acceptors (Lipinski definition) is 4. The first-order chi connectivity index (χ1) is 12.5. The Morgan fingerprint density at radius 1 is 1.19 bits per heavy atom. The van der Waals surface area contributed by atoms with Crippen LogP contribution in [0.4, 0.5) is 4.39 Å². The van der Waals surface area contributed by atoms with E-state index in [2.05, 4.69) is 10.2 Å². The Kier molecular flexibility index (Phi) is 5.58. The van der Waals surface area contributed by atoms with Crippen LogP contribution in [0, 0.1) is 5.82 Å². The number of carbonyl (C=O) groups excluding carboxylic acids is 1. The smallest absolute Gasteiger partial charge is 0.235 e. The van der Waals surface area contributed by atoms with E-state index in [1.807, 2.05) is 23.6 Å². The second-order valence-electron chi connectivity index (χ2n) is 5.51. The standard InChI is InChI=1S/C18H16ClFN4OS/c1-2-24-17(12-3-7-13(19)8-4-12)22-23-18(24)26-15(16(21)25)11-5-9-14(20)10-6-11/h3-10,15H,2H2,1H3,(H2,21,25)/t15-/m1/s1. The average Bonchev–Trinajstić information content (AvgIpc) is 3.03. The number of hydrogen-bond donors (Lipinski definition) is 1. The van der Waals surface area contributed by atoms with Crippen LogP contribution in [0.1, 0.15) is 17.7 Å². The highest BCUT2D eigenvalue weighted by Gasteiger charge is 2.24. The summed E-state index contributed by atoms with van der Waals surface area (Å²) in [6.45, 7) is 2.58. The predicted octanol–water partition coefficient (Wildman–Crippen LogP) is 4.08. The third kappa shape index (κ3) is 3.89. The maximum absolute atomic E-state index is 13.2. The Bertz CT molecular complexity index is 912. The van der Waals surface area contributed by atoms with Crippen molar-refractivity contribution in [3.05, 3.63) is 64.9 Å². The summed E-state index contributed by atoms with van der Waals surface area (Å²) >= 11 is 7.13. The average molecular weight is 391 g/mol. The summed E-state index contributed by atoms with van der Waals surface area (Å²) in [6, 6.07) is 13.0. The second-order valence-corrected chi connectivity index (χ2v) is 7.02. The monoisotopic (exact) mass is 390 g/mol. The van der Waals surface area contributed by atoms with Crippen molar-refractivity contribution in [3.8, 4) is 11.4 Å². The molecule has 1 aromatic heterocycles. The molecule has 26 heavy (non-hydrogen) atoms. The fourth-order valence-corrected chi connectivity index (χ4v) is 3.68. The van der Waals surface area contributed by atoms with Crippen LogP contribution >= 0.6 is 23.4 Å². The molecule has 2 N–H and O–H groups in total. The molecule has 0 bridgehead atoms. The summed E-state index contributed by atoms with van der Waals surface area (Å²) in [7, 11) is 0. The highest BCUT2D eigenvalue weighted by molar-refractivity contribution is 8.00. The molecule has 0 radical (unpaired) electrons. The number of amides is 1. The molecule has 134 valence electrons. The Morgan fingerprint density at radius 2 is 1.85 bits per heavy atom. The van der Waals surface area contributed by atoms with Gasteiger partial charge in [0.1, 0.15) is 11.1 Å². The number of aromatic nitrogens is 3. The van der Waals surface area contributed by atoms with Crippen molar-refractivity contribution in [2.45, 2.75) is 23.9 Å². The van der Waals surface area contributed by atoms with Gasteiger partial charge in [-0.15, -0.1) is 10.2 Å². The molecule has 0 spiro atoms. The van der Waals surface area contributed by atoms with Crippen molar-refractivity contribution in [3.63, 3.8) is 0 Å². The van der Waals surface area contributed by atoms with Crippen molar-refractivity contribution in [2.75, 3.05) is 0 Å². The number of nitrogens with zero attached hydrogens (tertiary/aromatic N) is 3. The van der Waals surface area contributed by atoms with E-state index in [4.69, 9.17) is 17.3 Å². The first-order valence-electron chi connectivity index (χ1n) is 7.90. The molecule has 0 aliphatic rings. The van der Waals surface area contributed by atoms with E-state index in [0.29, 0.717) is 28.1 Å². The van der Waals surface area contributed by atoms with E-state index >= 15 is 0 Å². The number of rotatable bonds is 6. The molecule has 0 saturated heterocycles. The first kappa shape index (κ1) is 18.4. The van der Waals surface area contributed by atoms with E-state index in [9.17, 15) is 9.18 Å². The minimum Gasteiger partial charge on any atom is -0.368 e. The molecule has 3 rings (SSSR count). The van der Waals surface area contributed by atoms with Gasteiger partial charge in [0.15, 0.2) is 11.0 Å². The molecule has 0 aliphatic heterocycles. The van der Waals surface area contributed by atoms with Crippen LogP contribution in [0.3, 0.4) is 0 Å². The van der Waals surface area contributed by atoms with Gasteiger partial charge >= 0.3 is 0 Å². The van der Waals surface area contributed by atoms with Gasteiger partial charge in [0.25, 0.3) is 0 Å². The third-order valence-corrected chi connectivity index (χ3v) is 5.29. The molecule has 0 unspecified atom stereocenters. The van der Waals surface area contributed by atoms with Crippen molar-refractivity contribution in [2.24, 2.45) is 5.73 Å². The van der Waals surface area contributed by atoms with Gasteiger partial charge in [-0.25, -0.2) is 4.39 Å². The fourth-order valence-electron chi connectivity index (χ4n) is 2.51. The van der Waals surface area contributed by atoms with Gasteiger partial charge in [-0.05, 0) is 48.9 Å². The van der Waals surface area contributed by atoms with Crippen LogP contribution in [0.25, 0.3) is 11.4 Å². The molecular formula is C18H16ClFN4OS. The van der Waals surface area contributed by atoms with Crippen molar-refractivity contribution >= 4 is 29.3 Å². The number of primary amides is 1. The van der Waals surface area contributed by atoms with E-state index in [-0.39, 0.29) is 5.82 Å². The van der Waals surface area contributed by atoms with Crippen LogP contribution in [-0.4, -0.2) is 20.7 Å². The van der Waals surface area contributed by atoms with Gasteiger partial charge in [0, 0.05) is 17.1 Å². The molecule has 2 aromatic carbocycles. The molecule has 0 aliphatic carbocycles. The van der Waals surface area contributed by atoms with Crippen molar-refractivity contribution in [1.82, 2.24) is 14.8 Å². The van der Waals surface area contributed by atoms with Gasteiger partial charge < -0.3 is 10.3 Å². The summed E-state index contributed by atoms with van der Waals surface area (Å²) in [6.07, 6.45) is 0. The van der Waals surface area contributed by atoms with Gasteiger partial charge in [0.2, 0.25) is 5.91 Å². The Balaban J connectivity index is 1.94. The van der Waals surface area contributed by atoms with E-state index < -0.39 is 11.2 Å². The predicted molar refractivity (Wildman–Crippen MR) is 100 cm³/mol. The Hall–Kier alpha value is -2.38. The van der Waals surface area contributed by atoms with Crippen LogP contribution in [0.2, 0.25) is 5.02 Å². The number of benzene rings is 2. The Labute approximate surface area is 159 Å². The lowest BCUT2D eigenvalue weighted by Gasteiger charge is -2.14. The molecule has 1 atom stereocenters. The third-order valence-electron chi connectivity index (χ3n) is 3.79. The number of halogens is 2. The number of thioether (sulfide) groups is 1. The minimum atomic E-state index is -0.692. The van der Waals surface area contributed by atoms with Crippen LogP contribution in [0.15, 0.2) is 53.7 Å². The number of nitrogens with two attached hydrogens (primary N) is 1. The first-order valence-corrected chi connectivity index (χ1v) is 9.16. The summed E-state index contributed by atoms with van der Waals surface area (Å²) in [5, 5.41) is 8.96. The summed E-state index contributed by atoms with van der Waals surface area (Å²) in [4.78, 5) is 11.9. The second kappa shape index (κ2) is 7.88. The van der Waals surface area contributed by atoms with Crippen LogP contribution < -0.4 is 5.73 Å². The zero-order valence-corrected chi connectivity index (χ0v) is 15.5. The van der Waals surface area contributed by atoms with E-state index in [1.165, 1.54) is 23.9 Å². The fraction of sp³-hybridized carbons (Fsp3) is 0.167. The van der Waals surface area contributed by atoms with Gasteiger partial charge in [-0.3, -0.25) is 4.79 Å².